The monoisotopic (exact) mass is 364 g/mol. The van der Waals surface area contributed by atoms with Crippen LogP contribution in [0, 0.1) is 17.7 Å². The third-order valence-corrected chi connectivity index (χ3v) is 4.41. The average Bonchev–Trinajstić information content (AvgIpc) is 2.55. The summed E-state index contributed by atoms with van der Waals surface area (Å²) in [6.45, 7) is 0.0535. The van der Waals surface area contributed by atoms with Crippen LogP contribution in [0.2, 0.25) is 0 Å². The lowest BCUT2D eigenvalue weighted by molar-refractivity contribution is -0.256. The molecule has 1 saturated carbocycles. The minimum Gasteiger partial charge on any atom is -0.432 e. The molecule has 0 atom stereocenters. The van der Waals surface area contributed by atoms with Crippen molar-refractivity contribution in [2.24, 2.45) is 11.8 Å². The van der Waals surface area contributed by atoms with E-state index in [9.17, 15) is 22.0 Å². The Balaban J connectivity index is 1.85. The first-order valence-corrected chi connectivity index (χ1v) is 8.16. The Morgan fingerprint density at radius 3 is 2.44 bits per heavy atom. The first-order chi connectivity index (χ1) is 11.8. The van der Waals surface area contributed by atoms with Crippen molar-refractivity contribution in [1.29, 1.82) is 0 Å². The van der Waals surface area contributed by atoms with Gasteiger partial charge < -0.3 is 9.47 Å². The van der Waals surface area contributed by atoms with E-state index in [2.05, 4.69) is 16.1 Å². The van der Waals surface area contributed by atoms with Gasteiger partial charge in [-0.15, -0.1) is 6.58 Å². The van der Waals surface area contributed by atoms with Gasteiger partial charge in [0.05, 0.1) is 6.61 Å². The summed E-state index contributed by atoms with van der Waals surface area (Å²) in [5, 5.41) is 0. The van der Waals surface area contributed by atoms with Crippen molar-refractivity contribution in [1.82, 2.24) is 0 Å². The number of hydrogen-bond donors (Lipinski definition) is 0. The summed E-state index contributed by atoms with van der Waals surface area (Å²) in [5.74, 6) is -1.41. The maximum Gasteiger partial charge on any atom is 0.387 e. The van der Waals surface area contributed by atoms with Crippen molar-refractivity contribution in [2.45, 2.75) is 51.4 Å². The highest BCUT2D eigenvalue weighted by atomic mass is 19.3. The van der Waals surface area contributed by atoms with Crippen LogP contribution in [0.3, 0.4) is 0 Å². The average molecular weight is 364 g/mol. The predicted octanol–water partition coefficient (Wildman–Crippen LogP) is 5.92. The highest BCUT2D eigenvalue weighted by Gasteiger charge is 2.35. The second-order valence-electron chi connectivity index (χ2n) is 6.29. The fraction of sp³-hybridized carbons (Fsp3) is 0.556. The van der Waals surface area contributed by atoms with Crippen LogP contribution in [0.1, 0.15) is 37.7 Å². The highest BCUT2D eigenvalue weighted by molar-refractivity contribution is 5.29. The van der Waals surface area contributed by atoms with Crippen LogP contribution in [0.5, 0.6) is 5.75 Å². The summed E-state index contributed by atoms with van der Waals surface area (Å²) >= 11 is 0. The van der Waals surface area contributed by atoms with E-state index in [1.807, 2.05) is 6.08 Å². The second kappa shape index (κ2) is 8.65. The number of alkyl halides is 4. The molecule has 0 aliphatic heterocycles. The van der Waals surface area contributed by atoms with Gasteiger partial charge in [-0.25, -0.2) is 4.39 Å². The van der Waals surface area contributed by atoms with Gasteiger partial charge in [0.1, 0.15) is 0 Å². The summed E-state index contributed by atoms with van der Waals surface area (Å²) in [6.07, 6.45) is 1.25. The van der Waals surface area contributed by atoms with Crippen LogP contribution in [-0.2, 0) is 11.3 Å². The van der Waals surface area contributed by atoms with E-state index in [0.29, 0.717) is 18.8 Å². The Labute approximate surface area is 143 Å². The molecule has 140 valence electrons. The van der Waals surface area contributed by atoms with Gasteiger partial charge in [0.15, 0.2) is 11.6 Å². The zero-order valence-corrected chi connectivity index (χ0v) is 13.7. The molecule has 0 N–H and O–H groups in total. The van der Waals surface area contributed by atoms with Gasteiger partial charge in [-0.1, -0.05) is 12.1 Å². The predicted molar refractivity (Wildman–Crippen MR) is 83.0 cm³/mol. The van der Waals surface area contributed by atoms with Crippen LogP contribution in [-0.4, -0.2) is 12.7 Å². The molecular weight excluding hydrogens is 343 g/mol. The molecule has 0 spiro atoms. The van der Waals surface area contributed by atoms with Gasteiger partial charge >= 0.3 is 12.7 Å². The summed E-state index contributed by atoms with van der Waals surface area (Å²) in [7, 11) is 0. The SMILES string of the molecule is C=CC1CCC(CC(F)(F)OCc2ccc(OC(F)F)c(F)c2)CC1. The maximum atomic E-state index is 14.0. The van der Waals surface area contributed by atoms with Crippen LogP contribution >= 0.6 is 0 Å². The zero-order valence-electron chi connectivity index (χ0n) is 13.7. The van der Waals surface area contributed by atoms with Crippen molar-refractivity contribution >= 4 is 0 Å². The molecule has 25 heavy (non-hydrogen) atoms. The lowest BCUT2D eigenvalue weighted by Gasteiger charge is -2.29. The third-order valence-electron chi connectivity index (χ3n) is 4.41. The fourth-order valence-electron chi connectivity index (χ4n) is 3.04. The topological polar surface area (TPSA) is 18.5 Å². The van der Waals surface area contributed by atoms with E-state index >= 15 is 0 Å². The van der Waals surface area contributed by atoms with Crippen LogP contribution in [0.4, 0.5) is 22.0 Å². The van der Waals surface area contributed by atoms with Crippen molar-refractivity contribution in [2.75, 3.05) is 0 Å². The number of ether oxygens (including phenoxy) is 2. The van der Waals surface area contributed by atoms with E-state index in [4.69, 9.17) is 0 Å². The molecule has 0 unspecified atom stereocenters. The quantitative estimate of drug-likeness (QED) is 0.421. The van der Waals surface area contributed by atoms with E-state index < -0.39 is 30.9 Å². The molecule has 0 aromatic heterocycles. The van der Waals surface area contributed by atoms with E-state index in [1.54, 1.807) is 0 Å². The molecule has 2 nitrogen and oxygen atoms in total. The fourth-order valence-corrected chi connectivity index (χ4v) is 3.04. The molecule has 1 aromatic rings. The standard InChI is InChI=1S/C18H21F5O2/c1-2-12-3-5-13(6-4-12)10-18(22,23)24-11-14-7-8-16(15(19)9-14)25-17(20)21/h2,7-9,12-13,17H,1,3-6,10-11H2. The Morgan fingerprint density at radius 2 is 1.88 bits per heavy atom. The molecule has 0 bridgehead atoms. The van der Waals surface area contributed by atoms with Crippen LogP contribution in [0.25, 0.3) is 0 Å². The normalized spacial score (nSPS) is 21.4. The Hall–Kier alpha value is -1.63. The molecule has 0 amide bonds. The highest BCUT2D eigenvalue weighted by Crippen LogP contribution is 2.37. The number of benzene rings is 1. The first kappa shape index (κ1) is 19.7. The molecule has 1 aromatic carbocycles. The molecule has 1 fully saturated rings. The van der Waals surface area contributed by atoms with Gasteiger partial charge in [-0.05, 0) is 55.2 Å². The molecular formula is C18H21F5O2. The zero-order chi connectivity index (χ0) is 18.4. The molecule has 0 saturated heterocycles. The maximum absolute atomic E-state index is 14.0. The van der Waals surface area contributed by atoms with E-state index in [0.717, 1.165) is 25.0 Å². The number of allylic oxidation sites excluding steroid dienone is 1. The summed E-state index contributed by atoms with van der Waals surface area (Å²) in [4.78, 5) is 0. The minimum atomic E-state index is -3.32. The molecule has 1 aliphatic carbocycles. The molecule has 1 aliphatic rings. The Morgan fingerprint density at radius 1 is 1.20 bits per heavy atom. The van der Waals surface area contributed by atoms with Gasteiger partial charge in [0.25, 0.3) is 0 Å². The molecule has 0 radical (unpaired) electrons. The number of hydrogen-bond acceptors (Lipinski definition) is 2. The summed E-state index contributed by atoms with van der Waals surface area (Å²) in [6, 6.07) is 3.03. The first-order valence-electron chi connectivity index (χ1n) is 8.16. The summed E-state index contributed by atoms with van der Waals surface area (Å²) in [5.41, 5.74) is 0.120. The number of halogens is 5. The van der Waals surface area contributed by atoms with Gasteiger partial charge in [0, 0.05) is 6.42 Å². The van der Waals surface area contributed by atoms with Crippen LogP contribution in [0.15, 0.2) is 30.9 Å². The van der Waals surface area contributed by atoms with Gasteiger partial charge in [-0.2, -0.15) is 17.6 Å². The summed E-state index contributed by atoms with van der Waals surface area (Å²) < 4.78 is 74.2. The molecule has 2 rings (SSSR count). The smallest absolute Gasteiger partial charge is 0.387 e. The van der Waals surface area contributed by atoms with Crippen molar-refractivity contribution < 1.29 is 31.4 Å². The largest absolute Gasteiger partial charge is 0.432 e. The van der Waals surface area contributed by atoms with Crippen molar-refractivity contribution in [3.8, 4) is 5.75 Å². The lowest BCUT2D eigenvalue weighted by atomic mass is 9.80. The Kier molecular flexibility index (Phi) is 6.81. The van der Waals surface area contributed by atoms with E-state index in [-0.39, 0.29) is 17.9 Å². The minimum absolute atomic E-state index is 0.120. The van der Waals surface area contributed by atoms with E-state index in [1.165, 1.54) is 6.07 Å². The van der Waals surface area contributed by atoms with Crippen molar-refractivity contribution in [3.05, 3.63) is 42.2 Å². The molecule has 0 heterocycles. The lowest BCUT2D eigenvalue weighted by Crippen LogP contribution is -2.26. The van der Waals surface area contributed by atoms with Gasteiger partial charge in [-0.3, -0.25) is 0 Å². The Bertz CT molecular complexity index is 569. The van der Waals surface area contributed by atoms with Gasteiger partial charge in [0.2, 0.25) is 0 Å². The number of rotatable bonds is 8. The van der Waals surface area contributed by atoms with Crippen LogP contribution < -0.4 is 4.74 Å². The van der Waals surface area contributed by atoms with Crippen molar-refractivity contribution in [3.63, 3.8) is 0 Å². The third kappa shape index (κ3) is 6.30. The second-order valence-corrected chi connectivity index (χ2v) is 6.29. The molecule has 7 heteroatoms.